The molecule has 8 nitrogen and oxygen atoms in total. The number of hydrogen-bond donors (Lipinski definition) is 1. The third-order valence-electron chi connectivity index (χ3n) is 2.55. The lowest BCUT2D eigenvalue weighted by atomic mass is 10.2. The van der Waals surface area contributed by atoms with Gasteiger partial charge in [-0.2, -0.15) is 5.10 Å². The molecule has 20 heavy (non-hydrogen) atoms. The highest BCUT2D eigenvalue weighted by atomic mass is 35.5. The molecule has 0 atom stereocenters. The van der Waals surface area contributed by atoms with Gasteiger partial charge < -0.3 is 5.32 Å². The number of nitro groups is 1. The maximum atomic E-state index is 12.1. The van der Waals surface area contributed by atoms with Crippen molar-refractivity contribution in [1.82, 2.24) is 14.8 Å². The van der Waals surface area contributed by atoms with Crippen LogP contribution in [-0.2, 0) is 7.05 Å². The van der Waals surface area contributed by atoms with E-state index in [1.807, 2.05) is 0 Å². The highest BCUT2D eigenvalue weighted by Crippen LogP contribution is 2.26. The highest BCUT2D eigenvalue weighted by Gasteiger charge is 2.25. The molecule has 0 saturated heterocycles. The molecular weight excluding hydrogens is 286 g/mol. The second-order valence-electron chi connectivity index (χ2n) is 4.00. The Bertz CT molecular complexity index is 697. The van der Waals surface area contributed by atoms with E-state index in [0.29, 0.717) is 11.5 Å². The molecule has 2 rings (SSSR count). The van der Waals surface area contributed by atoms with Crippen LogP contribution in [-0.4, -0.2) is 25.6 Å². The van der Waals surface area contributed by atoms with Gasteiger partial charge in [-0.1, -0.05) is 11.6 Å². The van der Waals surface area contributed by atoms with E-state index in [2.05, 4.69) is 15.4 Å². The summed E-state index contributed by atoms with van der Waals surface area (Å²) < 4.78 is 1.46. The van der Waals surface area contributed by atoms with Gasteiger partial charge >= 0.3 is 5.69 Å². The van der Waals surface area contributed by atoms with E-state index in [-0.39, 0.29) is 10.7 Å². The molecule has 0 bridgehead atoms. The second kappa shape index (κ2) is 5.25. The van der Waals surface area contributed by atoms with Gasteiger partial charge in [0.1, 0.15) is 11.4 Å². The van der Waals surface area contributed by atoms with Crippen molar-refractivity contribution < 1.29 is 9.72 Å². The Hall–Kier alpha value is -2.48. The molecule has 9 heteroatoms. The SMILES string of the molecule is Cc1cc(NC(=O)c2ccnc(Cl)c2[N+](=O)[O-])n(C)n1. The van der Waals surface area contributed by atoms with Crippen LogP contribution in [0.4, 0.5) is 11.5 Å². The fourth-order valence-electron chi connectivity index (χ4n) is 1.70. The average Bonchev–Trinajstić information content (AvgIpc) is 2.66. The number of rotatable bonds is 3. The van der Waals surface area contributed by atoms with Crippen LogP contribution < -0.4 is 5.32 Å². The number of carbonyl (C=O) groups is 1. The maximum Gasteiger partial charge on any atom is 0.319 e. The number of anilines is 1. The zero-order valence-electron chi connectivity index (χ0n) is 10.6. The van der Waals surface area contributed by atoms with Gasteiger partial charge in [-0.15, -0.1) is 0 Å². The van der Waals surface area contributed by atoms with Crippen molar-refractivity contribution in [2.24, 2.45) is 7.05 Å². The largest absolute Gasteiger partial charge is 0.319 e. The van der Waals surface area contributed by atoms with Crippen molar-refractivity contribution in [3.05, 3.63) is 44.9 Å². The van der Waals surface area contributed by atoms with E-state index in [1.165, 1.54) is 16.9 Å². The van der Waals surface area contributed by atoms with E-state index >= 15 is 0 Å². The molecule has 0 radical (unpaired) electrons. The van der Waals surface area contributed by atoms with E-state index in [0.717, 1.165) is 0 Å². The molecule has 1 amide bonds. The number of amides is 1. The fraction of sp³-hybridized carbons (Fsp3) is 0.182. The van der Waals surface area contributed by atoms with Crippen molar-refractivity contribution in [3.63, 3.8) is 0 Å². The molecular formula is C11H10ClN5O3. The first kappa shape index (κ1) is 13.9. The molecule has 0 saturated carbocycles. The minimum Gasteiger partial charge on any atom is -0.307 e. The Kier molecular flexibility index (Phi) is 3.66. The number of carbonyl (C=O) groups excluding carboxylic acids is 1. The van der Waals surface area contributed by atoms with Crippen LogP contribution in [0.2, 0.25) is 5.15 Å². The first-order valence-electron chi connectivity index (χ1n) is 5.51. The molecule has 104 valence electrons. The molecule has 2 aromatic rings. The number of aromatic nitrogens is 3. The lowest BCUT2D eigenvalue weighted by Crippen LogP contribution is -2.16. The molecule has 1 N–H and O–H groups in total. The molecule has 0 unspecified atom stereocenters. The third kappa shape index (κ3) is 2.59. The monoisotopic (exact) mass is 295 g/mol. The Morgan fingerprint density at radius 2 is 2.25 bits per heavy atom. The molecule has 0 fully saturated rings. The number of nitrogens with one attached hydrogen (secondary N) is 1. The summed E-state index contributed by atoms with van der Waals surface area (Å²) in [6.45, 7) is 1.77. The van der Waals surface area contributed by atoms with Crippen LogP contribution in [0.3, 0.4) is 0 Å². The van der Waals surface area contributed by atoms with Crippen molar-refractivity contribution in [2.75, 3.05) is 5.32 Å². The van der Waals surface area contributed by atoms with Gasteiger partial charge in [0.25, 0.3) is 5.91 Å². The Morgan fingerprint density at radius 3 is 2.80 bits per heavy atom. The summed E-state index contributed by atoms with van der Waals surface area (Å²) in [5, 5.41) is 17.2. The molecule has 2 aromatic heterocycles. The van der Waals surface area contributed by atoms with E-state index in [4.69, 9.17) is 11.6 Å². The van der Waals surface area contributed by atoms with Gasteiger partial charge in [-0.05, 0) is 13.0 Å². The summed E-state index contributed by atoms with van der Waals surface area (Å²) in [5.41, 5.74) is 0.0319. The topological polar surface area (TPSA) is 103 Å². The molecule has 0 spiro atoms. The first-order chi connectivity index (χ1) is 9.40. The summed E-state index contributed by atoms with van der Waals surface area (Å²) in [6, 6.07) is 2.88. The Morgan fingerprint density at radius 1 is 1.55 bits per heavy atom. The maximum absolute atomic E-state index is 12.1. The Labute approximate surface area is 118 Å². The van der Waals surface area contributed by atoms with Crippen LogP contribution in [0.1, 0.15) is 16.1 Å². The predicted octanol–water partition coefficient (Wildman–Crippen LogP) is 1.94. The second-order valence-corrected chi connectivity index (χ2v) is 4.36. The summed E-state index contributed by atoms with van der Waals surface area (Å²) in [7, 11) is 1.65. The molecule has 0 aromatic carbocycles. The zero-order chi connectivity index (χ0) is 14.9. The van der Waals surface area contributed by atoms with Crippen molar-refractivity contribution in [2.45, 2.75) is 6.92 Å². The zero-order valence-corrected chi connectivity index (χ0v) is 11.4. The number of pyridine rings is 1. The van der Waals surface area contributed by atoms with Gasteiger partial charge in [0.2, 0.25) is 5.15 Å². The quantitative estimate of drug-likeness (QED) is 0.529. The predicted molar refractivity (Wildman–Crippen MR) is 71.8 cm³/mol. The van der Waals surface area contributed by atoms with Gasteiger partial charge in [0.15, 0.2) is 0 Å². The average molecular weight is 296 g/mol. The molecule has 0 aliphatic rings. The van der Waals surface area contributed by atoms with E-state index in [9.17, 15) is 14.9 Å². The van der Waals surface area contributed by atoms with Gasteiger partial charge in [0.05, 0.1) is 10.6 Å². The minimum atomic E-state index is -0.737. The van der Waals surface area contributed by atoms with Crippen LogP contribution in [0.25, 0.3) is 0 Å². The number of aryl methyl sites for hydroxylation is 2. The molecule has 0 aliphatic heterocycles. The third-order valence-corrected chi connectivity index (χ3v) is 2.83. The van der Waals surface area contributed by atoms with Crippen LogP contribution in [0.15, 0.2) is 18.3 Å². The van der Waals surface area contributed by atoms with Crippen LogP contribution in [0.5, 0.6) is 0 Å². The lowest BCUT2D eigenvalue weighted by molar-refractivity contribution is -0.385. The summed E-state index contributed by atoms with van der Waals surface area (Å²) in [6.07, 6.45) is 1.23. The Balaban J connectivity index is 2.37. The molecule has 0 aliphatic carbocycles. The number of nitrogens with zero attached hydrogens (tertiary/aromatic N) is 4. The van der Waals surface area contributed by atoms with Crippen LogP contribution >= 0.6 is 11.6 Å². The highest BCUT2D eigenvalue weighted by molar-refractivity contribution is 6.32. The van der Waals surface area contributed by atoms with Crippen molar-refractivity contribution in [3.8, 4) is 0 Å². The lowest BCUT2D eigenvalue weighted by Gasteiger charge is -2.06. The standard InChI is InChI=1S/C11H10ClN5O3/c1-6-5-8(16(2)15-6)14-11(18)7-3-4-13-10(12)9(7)17(19)20/h3-5H,1-2H3,(H,14,18). The van der Waals surface area contributed by atoms with Gasteiger partial charge in [-0.25, -0.2) is 4.98 Å². The summed E-state index contributed by atoms with van der Waals surface area (Å²) in [5.74, 6) is -0.223. The summed E-state index contributed by atoms with van der Waals surface area (Å²) >= 11 is 5.66. The van der Waals surface area contributed by atoms with Gasteiger partial charge in [-0.3, -0.25) is 19.6 Å². The molecule has 2 heterocycles. The summed E-state index contributed by atoms with van der Waals surface area (Å²) in [4.78, 5) is 25.9. The van der Waals surface area contributed by atoms with Crippen molar-refractivity contribution >= 4 is 29.0 Å². The van der Waals surface area contributed by atoms with Crippen LogP contribution in [0, 0.1) is 17.0 Å². The first-order valence-corrected chi connectivity index (χ1v) is 5.89. The normalized spacial score (nSPS) is 10.3. The van der Waals surface area contributed by atoms with Crippen molar-refractivity contribution in [1.29, 1.82) is 0 Å². The van der Waals surface area contributed by atoms with Gasteiger partial charge in [0, 0.05) is 19.3 Å². The number of hydrogen-bond acceptors (Lipinski definition) is 5. The fourth-order valence-corrected chi connectivity index (χ4v) is 1.92. The van der Waals surface area contributed by atoms with E-state index < -0.39 is 16.5 Å². The minimum absolute atomic E-state index is 0.158. The smallest absolute Gasteiger partial charge is 0.307 e. The van der Waals surface area contributed by atoms with E-state index in [1.54, 1.807) is 20.0 Å². The number of halogens is 1.